The van der Waals surface area contributed by atoms with Crippen LogP contribution in [0.4, 0.5) is 10.5 Å². The van der Waals surface area contributed by atoms with Crippen molar-refractivity contribution in [3.8, 4) is 0 Å². The Morgan fingerprint density at radius 1 is 1.11 bits per heavy atom. The summed E-state index contributed by atoms with van der Waals surface area (Å²) in [7, 11) is 0. The molecule has 0 radical (unpaired) electrons. The Bertz CT molecular complexity index is 1470. The van der Waals surface area contributed by atoms with Gasteiger partial charge in [-0.05, 0) is 82.7 Å². The molecule has 196 valence electrons. The number of piperidine rings is 1. The first-order valence-electron chi connectivity index (χ1n) is 12.9. The lowest BCUT2D eigenvalue weighted by Crippen LogP contribution is -2.50. The first kappa shape index (κ1) is 25.3. The molecule has 1 saturated heterocycles. The van der Waals surface area contributed by atoms with Gasteiger partial charge in [-0.1, -0.05) is 0 Å². The number of carbonyl (C=O) groups excluding carboxylic acids is 2. The molecule has 2 fully saturated rings. The van der Waals surface area contributed by atoms with Gasteiger partial charge in [-0.15, -0.1) is 11.3 Å². The minimum absolute atomic E-state index is 0.111. The first-order chi connectivity index (χ1) is 17.7. The van der Waals surface area contributed by atoms with Crippen LogP contribution >= 0.6 is 11.3 Å². The molecule has 1 saturated carbocycles. The van der Waals surface area contributed by atoms with E-state index in [0.717, 1.165) is 30.6 Å². The minimum Gasteiger partial charge on any atom is -0.347 e. The van der Waals surface area contributed by atoms with Crippen molar-refractivity contribution < 1.29 is 9.59 Å². The number of hydrogen-bond acceptors (Lipinski definition) is 5. The number of benzene rings is 1. The third-order valence-electron chi connectivity index (χ3n) is 7.08. The number of aryl methyl sites for hydroxylation is 1. The maximum atomic E-state index is 13.3. The molecule has 1 aliphatic carbocycles. The molecule has 3 heterocycles. The van der Waals surface area contributed by atoms with Crippen LogP contribution < -0.4 is 21.9 Å². The van der Waals surface area contributed by atoms with E-state index in [2.05, 4.69) is 10.6 Å². The number of rotatable bonds is 6. The number of amides is 3. The molecule has 3 amide bonds. The van der Waals surface area contributed by atoms with Gasteiger partial charge in [0.25, 0.3) is 11.5 Å². The van der Waals surface area contributed by atoms with Crippen molar-refractivity contribution in [3.63, 3.8) is 0 Å². The van der Waals surface area contributed by atoms with Gasteiger partial charge in [0.05, 0.1) is 15.8 Å². The van der Waals surface area contributed by atoms with E-state index in [1.165, 1.54) is 15.9 Å². The van der Waals surface area contributed by atoms with E-state index in [0.29, 0.717) is 47.0 Å². The molecule has 10 heteroatoms. The predicted molar refractivity (Wildman–Crippen MR) is 146 cm³/mol. The van der Waals surface area contributed by atoms with Crippen LogP contribution in [0.15, 0.2) is 39.9 Å². The fourth-order valence-corrected chi connectivity index (χ4v) is 5.74. The van der Waals surface area contributed by atoms with Crippen LogP contribution in [-0.4, -0.2) is 45.1 Å². The number of nitrogens with zero attached hydrogens (tertiary/aromatic N) is 3. The van der Waals surface area contributed by atoms with Crippen molar-refractivity contribution in [2.45, 2.75) is 65.1 Å². The van der Waals surface area contributed by atoms with Crippen molar-refractivity contribution in [1.82, 2.24) is 19.4 Å². The Hall–Kier alpha value is -3.40. The highest BCUT2D eigenvalue weighted by Crippen LogP contribution is 2.30. The van der Waals surface area contributed by atoms with E-state index in [-0.39, 0.29) is 35.3 Å². The highest BCUT2D eigenvalue weighted by molar-refractivity contribution is 7.13. The lowest BCUT2D eigenvalue weighted by Gasteiger charge is -2.33. The third kappa shape index (κ3) is 5.34. The van der Waals surface area contributed by atoms with Crippen LogP contribution in [-0.2, 0) is 6.54 Å². The van der Waals surface area contributed by atoms with Gasteiger partial charge in [-0.3, -0.25) is 18.7 Å². The topological polar surface area (TPSA) is 105 Å². The van der Waals surface area contributed by atoms with Gasteiger partial charge in [-0.2, -0.15) is 0 Å². The normalized spacial score (nSPS) is 17.8. The fraction of sp³-hybridized carbons (Fsp3) is 0.481. The number of urea groups is 1. The molecule has 37 heavy (non-hydrogen) atoms. The molecule has 2 aliphatic rings. The minimum atomic E-state index is -0.315. The van der Waals surface area contributed by atoms with Crippen molar-refractivity contribution in [2.24, 2.45) is 5.92 Å². The summed E-state index contributed by atoms with van der Waals surface area (Å²) in [4.78, 5) is 55.5. The summed E-state index contributed by atoms with van der Waals surface area (Å²) in [6.07, 6.45) is 3.66. The zero-order valence-corrected chi connectivity index (χ0v) is 22.3. The second-order valence-corrected chi connectivity index (χ2v) is 11.7. The quantitative estimate of drug-likeness (QED) is 0.510. The molecule has 5 rings (SSSR count). The zero-order valence-electron chi connectivity index (χ0n) is 21.5. The van der Waals surface area contributed by atoms with E-state index in [9.17, 15) is 19.2 Å². The summed E-state index contributed by atoms with van der Waals surface area (Å²) in [5.74, 6) is 0.265. The Labute approximate surface area is 219 Å². The molecular weight excluding hydrogens is 490 g/mol. The lowest BCUT2D eigenvalue weighted by molar-refractivity contribution is 0.0917. The second-order valence-electron chi connectivity index (χ2n) is 10.4. The molecule has 1 atom stereocenters. The van der Waals surface area contributed by atoms with Crippen LogP contribution in [0.1, 0.15) is 60.1 Å². The Morgan fingerprint density at radius 3 is 2.57 bits per heavy atom. The Balaban J connectivity index is 1.34. The van der Waals surface area contributed by atoms with Crippen LogP contribution in [0.25, 0.3) is 10.9 Å². The largest absolute Gasteiger partial charge is 0.347 e. The number of anilines is 1. The molecule has 9 nitrogen and oxygen atoms in total. The highest BCUT2D eigenvalue weighted by Gasteiger charge is 2.27. The monoisotopic (exact) mass is 523 g/mol. The van der Waals surface area contributed by atoms with E-state index < -0.39 is 0 Å². The number of nitrogens with one attached hydrogen (secondary N) is 2. The van der Waals surface area contributed by atoms with E-state index >= 15 is 0 Å². The highest BCUT2D eigenvalue weighted by atomic mass is 32.1. The number of fused-ring (bicyclic) bond motifs is 1. The number of thiophene rings is 1. The number of hydrogen-bond donors (Lipinski definition) is 2. The number of likely N-dealkylation sites (tertiary alicyclic amines) is 1. The van der Waals surface area contributed by atoms with Crippen LogP contribution in [0.2, 0.25) is 0 Å². The molecule has 0 unspecified atom stereocenters. The van der Waals surface area contributed by atoms with Crippen molar-refractivity contribution in [1.29, 1.82) is 0 Å². The van der Waals surface area contributed by atoms with Crippen molar-refractivity contribution in [3.05, 3.63) is 60.9 Å². The standard InChI is InChI=1S/C27H33N5O4S/c1-16(2)32-22-10-9-19(13-21(22)25(34)31(27(32)36)14-18-7-8-18)29-26(35)30-12-4-5-20(15-30)28-24(33)23-11-6-17(3)37-23/h6,9-11,13,16,18,20H,4-5,7-8,12,14-15H2,1-3H3,(H,28,33)(H,29,35)/t20-/m1/s1. The lowest BCUT2D eigenvalue weighted by atomic mass is 10.1. The van der Waals surface area contributed by atoms with Crippen LogP contribution in [0, 0.1) is 12.8 Å². The summed E-state index contributed by atoms with van der Waals surface area (Å²) < 4.78 is 3.00. The van der Waals surface area contributed by atoms with E-state index in [4.69, 9.17) is 0 Å². The van der Waals surface area contributed by atoms with Gasteiger partial charge in [0.1, 0.15) is 0 Å². The summed E-state index contributed by atoms with van der Waals surface area (Å²) in [6, 6.07) is 8.36. The van der Waals surface area contributed by atoms with Gasteiger partial charge >= 0.3 is 11.7 Å². The number of carbonyl (C=O) groups is 2. The average molecular weight is 524 g/mol. The first-order valence-corrected chi connectivity index (χ1v) is 13.7. The Kier molecular flexibility index (Phi) is 6.94. The van der Waals surface area contributed by atoms with Gasteiger partial charge in [0.2, 0.25) is 0 Å². The summed E-state index contributed by atoms with van der Waals surface area (Å²) >= 11 is 1.45. The molecule has 3 aromatic rings. The van der Waals surface area contributed by atoms with Crippen LogP contribution in [0.5, 0.6) is 0 Å². The van der Waals surface area contributed by atoms with E-state index in [1.54, 1.807) is 27.7 Å². The van der Waals surface area contributed by atoms with Gasteiger partial charge in [-0.25, -0.2) is 9.59 Å². The molecule has 0 spiro atoms. The predicted octanol–water partition coefficient (Wildman–Crippen LogP) is 3.95. The van der Waals surface area contributed by atoms with Crippen molar-refractivity contribution >= 4 is 39.9 Å². The molecule has 0 bridgehead atoms. The fourth-order valence-electron chi connectivity index (χ4n) is 4.97. The summed E-state index contributed by atoms with van der Waals surface area (Å²) in [5.41, 5.74) is 0.473. The average Bonchev–Trinajstić information content (AvgIpc) is 3.58. The Morgan fingerprint density at radius 2 is 1.89 bits per heavy atom. The molecule has 1 aromatic carbocycles. The SMILES string of the molecule is Cc1ccc(C(=O)N[C@@H]2CCCN(C(=O)Nc3ccc4c(c3)c(=O)n(CC3CC3)c(=O)n4C(C)C)C2)s1. The second kappa shape index (κ2) is 10.2. The maximum absolute atomic E-state index is 13.3. The van der Waals surface area contributed by atoms with Gasteiger partial charge in [0.15, 0.2) is 0 Å². The third-order valence-corrected chi connectivity index (χ3v) is 8.08. The van der Waals surface area contributed by atoms with Gasteiger partial charge in [0, 0.05) is 42.3 Å². The number of aromatic nitrogens is 2. The molecular formula is C27H33N5O4S. The van der Waals surface area contributed by atoms with E-state index in [1.807, 2.05) is 32.9 Å². The maximum Gasteiger partial charge on any atom is 0.331 e. The smallest absolute Gasteiger partial charge is 0.331 e. The molecule has 2 N–H and O–H groups in total. The zero-order chi connectivity index (χ0) is 26.3. The van der Waals surface area contributed by atoms with Crippen molar-refractivity contribution in [2.75, 3.05) is 18.4 Å². The summed E-state index contributed by atoms with van der Waals surface area (Å²) in [5, 5.41) is 6.39. The summed E-state index contributed by atoms with van der Waals surface area (Å²) in [6.45, 7) is 7.25. The van der Waals surface area contributed by atoms with Crippen LogP contribution in [0.3, 0.4) is 0 Å². The van der Waals surface area contributed by atoms with Gasteiger partial charge < -0.3 is 15.5 Å². The molecule has 1 aliphatic heterocycles. The molecule has 2 aromatic heterocycles.